The van der Waals surface area contributed by atoms with Gasteiger partial charge in [0.25, 0.3) is 5.91 Å². The minimum atomic E-state index is -0.140. The molecule has 2 aromatic heterocycles. The van der Waals surface area contributed by atoms with Gasteiger partial charge in [0.05, 0.1) is 19.9 Å². The molecule has 4 rings (SSSR count). The van der Waals surface area contributed by atoms with Gasteiger partial charge in [0.15, 0.2) is 0 Å². The lowest BCUT2D eigenvalue weighted by Crippen LogP contribution is -2.25. The first-order chi connectivity index (χ1) is 16.1. The lowest BCUT2D eigenvalue weighted by atomic mass is 10.1. The maximum Gasteiger partial charge on any atom is 0.251 e. The number of amides is 1. The highest BCUT2D eigenvalue weighted by atomic mass is 16.5. The first-order valence-electron chi connectivity index (χ1n) is 10.7. The number of imidazole rings is 1. The van der Waals surface area contributed by atoms with E-state index in [4.69, 9.17) is 14.2 Å². The Hall–Kier alpha value is -4.00. The maximum absolute atomic E-state index is 12.5. The van der Waals surface area contributed by atoms with Crippen molar-refractivity contribution in [3.8, 4) is 17.2 Å². The fraction of sp³-hybridized carbons (Fsp3) is 0.231. The summed E-state index contributed by atoms with van der Waals surface area (Å²) in [5.41, 5.74) is 4.43. The Kier molecular flexibility index (Phi) is 6.78. The number of carbonyl (C=O) groups excluding carboxylic acids is 1. The summed E-state index contributed by atoms with van der Waals surface area (Å²) in [5.74, 6) is 2.07. The number of benzene rings is 2. The first kappa shape index (κ1) is 22.2. The number of carbonyl (C=O) groups is 1. The average Bonchev–Trinajstić information content (AvgIpc) is 3.27. The Morgan fingerprint density at radius 2 is 1.82 bits per heavy atom. The molecule has 7 heteroatoms. The summed E-state index contributed by atoms with van der Waals surface area (Å²) in [7, 11) is 3.25. The summed E-state index contributed by atoms with van der Waals surface area (Å²) in [6.45, 7) is 2.87. The van der Waals surface area contributed by atoms with E-state index in [9.17, 15) is 4.79 Å². The van der Waals surface area contributed by atoms with Crippen molar-refractivity contribution < 1.29 is 19.0 Å². The Balaban J connectivity index is 1.30. The van der Waals surface area contributed by atoms with Crippen LogP contribution in [0.1, 0.15) is 27.2 Å². The van der Waals surface area contributed by atoms with Gasteiger partial charge in [-0.2, -0.15) is 0 Å². The van der Waals surface area contributed by atoms with Gasteiger partial charge in [0.1, 0.15) is 29.5 Å². The number of hydrogen-bond acceptors (Lipinski definition) is 5. The third-order valence-corrected chi connectivity index (χ3v) is 5.40. The Labute approximate surface area is 192 Å². The second kappa shape index (κ2) is 10.1. The summed E-state index contributed by atoms with van der Waals surface area (Å²) in [5, 5.41) is 2.94. The van der Waals surface area contributed by atoms with Crippen LogP contribution in [-0.2, 0) is 13.0 Å². The minimum Gasteiger partial charge on any atom is -0.497 e. The number of fused-ring (bicyclic) bond motifs is 1. The number of aromatic nitrogens is 2. The summed E-state index contributed by atoms with van der Waals surface area (Å²) in [4.78, 5) is 17.1. The molecular formula is C26H27N3O4. The predicted molar refractivity (Wildman–Crippen MR) is 126 cm³/mol. The zero-order valence-electron chi connectivity index (χ0n) is 19.0. The normalized spacial score (nSPS) is 10.8. The number of methoxy groups -OCH3 is 2. The van der Waals surface area contributed by atoms with Gasteiger partial charge in [-0.3, -0.25) is 4.79 Å². The summed E-state index contributed by atoms with van der Waals surface area (Å²) < 4.78 is 18.5. The molecule has 0 aliphatic rings. The number of pyridine rings is 1. The molecule has 4 aromatic rings. The molecule has 1 amide bonds. The topological polar surface area (TPSA) is 74.1 Å². The van der Waals surface area contributed by atoms with Crippen molar-refractivity contribution in [3.05, 3.63) is 89.4 Å². The molecule has 33 heavy (non-hydrogen) atoms. The second-order valence-electron chi connectivity index (χ2n) is 7.65. The molecule has 0 aliphatic carbocycles. The second-order valence-corrected chi connectivity index (χ2v) is 7.65. The van der Waals surface area contributed by atoms with E-state index in [2.05, 4.69) is 10.3 Å². The van der Waals surface area contributed by atoms with Crippen LogP contribution in [0.15, 0.2) is 67.0 Å². The molecule has 2 heterocycles. The first-order valence-corrected chi connectivity index (χ1v) is 10.7. The van der Waals surface area contributed by atoms with E-state index in [1.807, 2.05) is 54.0 Å². The van der Waals surface area contributed by atoms with Crippen LogP contribution in [0.25, 0.3) is 5.65 Å². The summed E-state index contributed by atoms with van der Waals surface area (Å²) in [6.07, 6.45) is 4.56. The number of aryl methyl sites for hydroxylation is 1. The van der Waals surface area contributed by atoms with Crippen molar-refractivity contribution in [3.63, 3.8) is 0 Å². The van der Waals surface area contributed by atoms with E-state index in [0.29, 0.717) is 30.9 Å². The van der Waals surface area contributed by atoms with Crippen LogP contribution < -0.4 is 19.5 Å². The van der Waals surface area contributed by atoms with Gasteiger partial charge in [0.2, 0.25) is 0 Å². The Morgan fingerprint density at radius 3 is 2.55 bits per heavy atom. The molecule has 0 spiro atoms. The predicted octanol–water partition coefficient (Wildman–Crippen LogP) is 4.21. The monoisotopic (exact) mass is 445 g/mol. The number of nitrogens with one attached hydrogen (secondary N) is 1. The van der Waals surface area contributed by atoms with Gasteiger partial charge in [-0.15, -0.1) is 0 Å². The third kappa shape index (κ3) is 5.26. The maximum atomic E-state index is 12.5. The molecule has 0 saturated heterocycles. The highest BCUT2D eigenvalue weighted by molar-refractivity contribution is 5.94. The van der Waals surface area contributed by atoms with Crippen LogP contribution >= 0.6 is 0 Å². The summed E-state index contributed by atoms with van der Waals surface area (Å²) >= 11 is 0. The molecule has 0 bridgehead atoms. The van der Waals surface area contributed by atoms with E-state index in [1.54, 1.807) is 38.5 Å². The zero-order valence-corrected chi connectivity index (χ0v) is 19.0. The molecular weight excluding hydrogens is 418 g/mol. The molecule has 2 aromatic carbocycles. The van der Waals surface area contributed by atoms with E-state index >= 15 is 0 Å². The smallest absolute Gasteiger partial charge is 0.251 e. The fourth-order valence-corrected chi connectivity index (χ4v) is 3.62. The lowest BCUT2D eigenvalue weighted by molar-refractivity contribution is 0.0954. The van der Waals surface area contributed by atoms with Gasteiger partial charge in [-0.1, -0.05) is 6.07 Å². The number of hydrogen-bond donors (Lipinski definition) is 1. The van der Waals surface area contributed by atoms with Crippen molar-refractivity contribution >= 4 is 11.6 Å². The molecule has 0 aliphatic heterocycles. The van der Waals surface area contributed by atoms with Crippen LogP contribution in [0.5, 0.6) is 17.2 Å². The molecule has 0 fully saturated rings. The molecule has 0 atom stereocenters. The van der Waals surface area contributed by atoms with Gasteiger partial charge in [0, 0.05) is 24.5 Å². The third-order valence-electron chi connectivity index (χ3n) is 5.40. The van der Waals surface area contributed by atoms with Crippen molar-refractivity contribution in [1.29, 1.82) is 0 Å². The molecule has 0 radical (unpaired) electrons. The van der Waals surface area contributed by atoms with Crippen LogP contribution in [-0.4, -0.2) is 36.1 Å². The van der Waals surface area contributed by atoms with Crippen LogP contribution in [0.2, 0.25) is 0 Å². The van der Waals surface area contributed by atoms with Crippen LogP contribution in [0.3, 0.4) is 0 Å². The van der Waals surface area contributed by atoms with Crippen molar-refractivity contribution in [2.45, 2.75) is 20.0 Å². The van der Waals surface area contributed by atoms with Gasteiger partial charge in [-0.25, -0.2) is 4.98 Å². The zero-order chi connectivity index (χ0) is 23.2. The highest BCUT2D eigenvalue weighted by Gasteiger charge is 2.09. The van der Waals surface area contributed by atoms with Gasteiger partial charge < -0.3 is 23.9 Å². The SMILES string of the molecule is COc1ccc(OC)c(CCNC(=O)c2ccc(OCc3cn4cccc(C)c4n3)cc2)c1. The Morgan fingerprint density at radius 1 is 1.03 bits per heavy atom. The summed E-state index contributed by atoms with van der Waals surface area (Å²) in [6, 6.07) is 16.7. The van der Waals surface area contributed by atoms with E-state index in [0.717, 1.165) is 34.0 Å². The molecule has 1 N–H and O–H groups in total. The highest BCUT2D eigenvalue weighted by Crippen LogP contribution is 2.24. The van der Waals surface area contributed by atoms with E-state index in [1.165, 1.54) is 0 Å². The van der Waals surface area contributed by atoms with Crippen molar-refractivity contribution in [2.24, 2.45) is 0 Å². The van der Waals surface area contributed by atoms with Crippen molar-refractivity contribution in [1.82, 2.24) is 14.7 Å². The molecule has 0 saturated carbocycles. The minimum absolute atomic E-state index is 0.140. The largest absolute Gasteiger partial charge is 0.497 e. The number of ether oxygens (including phenoxy) is 3. The van der Waals surface area contributed by atoms with Crippen LogP contribution in [0.4, 0.5) is 0 Å². The molecule has 7 nitrogen and oxygen atoms in total. The van der Waals surface area contributed by atoms with Gasteiger partial charge in [-0.05, 0) is 73.0 Å². The molecule has 0 unspecified atom stereocenters. The number of nitrogens with zero attached hydrogens (tertiary/aromatic N) is 2. The van der Waals surface area contributed by atoms with Crippen molar-refractivity contribution in [2.75, 3.05) is 20.8 Å². The average molecular weight is 446 g/mol. The van der Waals surface area contributed by atoms with Crippen LogP contribution in [0, 0.1) is 6.92 Å². The van der Waals surface area contributed by atoms with E-state index in [-0.39, 0.29) is 5.91 Å². The number of rotatable bonds is 9. The quantitative estimate of drug-likeness (QED) is 0.418. The van der Waals surface area contributed by atoms with E-state index < -0.39 is 0 Å². The lowest BCUT2D eigenvalue weighted by Gasteiger charge is -2.11. The van der Waals surface area contributed by atoms with Gasteiger partial charge >= 0.3 is 0 Å². The Bertz CT molecular complexity index is 1250. The molecule has 170 valence electrons. The standard InChI is InChI=1S/C26H27N3O4/c1-18-5-4-14-29-16-21(28-25(18)29)17-33-22-8-6-19(7-9-22)26(30)27-13-12-20-15-23(31-2)10-11-24(20)32-3/h4-11,14-16H,12-13,17H2,1-3H3,(H,27,30). The fourth-order valence-electron chi connectivity index (χ4n) is 3.62.